The van der Waals surface area contributed by atoms with Crippen LogP contribution in [-0.4, -0.2) is 21.5 Å². The number of hydrogen-bond donors (Lipinski definition) is 1. The monoisotopic (exact) mass is 493 g/mol. The highest BCUT2D eigenvalue weighted by atomic mass is 79.9. The molecule has 5 nitrogen and oxygen atoms in total. The fraction of sp³-hybridized carbons (Fsp3) is 0.435. The molecule has 2 aromatic carbocycles. The van der Waals surface area contributed by atoms with Crippen LogP contribution >= 0.6 is 15.9 Å². The van der Waals surface area contributed by atoms with E-state index in [0.717, 1.165) is 54.1 Å². The Hall–Kier alpha value is -1.70. The molecule has 0 heterocycles. The molecule has 1 N–H and O–H groups in total. The quantitative estimate of drug-likeness (QED) is 0.489. The van der Waals surface area contributed by atoms with Gasteiger partial charge in [0, 0.05) is 16.9 Å². The Morgan fingerprint density at radius 3 is 2.33 bits per heavy atom. The lowest BCUT2D eigenvalue weighted by Crippen LogP contribution is -2.32. The molecule has 0 aliphatic heterocycles. The summed E-state index contributed by atoms with van der Waals surface area (Å²) < 4.78 is 34.5. The van der Waals surface area contributed by atoms with Crippen LogP contribution in [0.15, 0.2) is 57.9 Å². The fourth-order valence-corrected chi connectivity index (χ4v) is 5.56. The van der Waals surface area contributed by atoms with Gasteiger partial charge in [0.25, 0.3) is 0 Å². The van der Waals surface area contributed by atoms with E-state index >= 15 is 0 Å². The maximum absolute atomic E-state index is 13.0. The maximum Gasteiger partial charge on any atom is 0.305 e. The molecule has 1 unspecified atom stereocenters. The standard InChI is InChI=1S/C23H28BrNO4S/c1-29-22(26)8-4-5-17-9-11-19(12-10-17)23(18-6-2-3-7-18)25-30(27,28)21-15-13-20(24)14-16-21/h9-16,18,23,25H,2-8H2,1H3. The van der Waals surface area contributed by atoms with E-state index in [1.54, 1.807) is 24.3 Å². The second-order valence-electron chi connectivity index (χ2n) is 7.77. The molecule has 0 radical (unpaired) electrons. The molecule has 1 fully saturated rings. The maximum atomic E-state index is 13.0. The van der Waals surface area contributed by atoms with E-state index in [2.05, 4.69) is 25.4 Å². The highest BCUT2D eigenvalue weighted by Crippen LogP contribution is 2.37. The minimum absolute atomic E-state index is 0.199. The van der Waals surface area contributed by atoms with Crippen molar-refractivity contribution in [1.29, 1.82) is 0 Å². The van der Waals surface area contributed by atoms with Crippen LogP contribution in [0.3, 0.4) is 0 Å². The number of halogens is 1. The van der Waals surface area contributed by atoms with Gasteiger partial charge in [-0.05, 0) is 67.0 Å². The van der Waals surface area contributed by atoms with Gasteiger partial charge in [-0.15, -0.1) is 0 Å². The second-order valence-corrected chi connectivity index (χ2v) is 10.4. The van der Waals surface area contributed by atoms with Crippen LogP contribution in [0.5, 0.6) is 0 Å². The SMILES string of the molecule is COC(=O)CCCc1ccc(C(NS(=O)(=O)c2ccc(Br)cc2)C2CCCC2)cc1. The van der Waals surface area contributed by atoms with Crippen LogP contribution in [-0.2, 0) is 26.0 Å². The molecule has 0 amide bonds. The van der Waals surface area contributed by atoms with E-state index in [0.29, 0.717) is 12.3 Å². The predicted octanol–water partition coefficient (Wildman–Crippen LogP) is 5.15. The van der Waals surface area contributed by atoms with E-state index in [9.17, 15) is 13.2 Å². The number of nitrogens with one attached hydrogen (secondary N) is 1. The molecule has 3 rings (SSSR count). The first-order valence-corrected chi connectivity index (χ1v) is 12.6. The van der Waals surface area contributed by atoms with Gasteiger partial charge in [0.1, 0.15) is 0 Å². The summed E-state index contributed by atoms with van der Waals surface area (Å²) in [6.07, 6.45) is 6.22. The van der Waals surface area contributed by atoms with Crippen molar-refractivity contribution in [3.8, 4) is 0 Å². The number of esters is 1. The number of ether oxygens (including phenoxy) is 1. The minimum atomic E-state index is -3.62. The van der Waals surface area contributed by atoms with Gasteiger partial charge in [-0.25, -0.2) is 13.1 Å². The van der Waals surface area contributed by atoms with Crippen molar-refractivity contribution >= 4 is 31.9 Å². The third-order valence-corrected chi connectivity index (χ3v) is 7.68. The third-order valence-electron chi connectivity index (χ3n) is 5.69. The Labute approximate surface area is 187 Å². The summed E-state index contributed by atoms with van der Waals surface area (Å²) in [7, 11) is -2.22. The second kappa shape index (κ2) is 10.6. The fourth-order valence-electron chi connectivity index (χ4n) is 4.01. The number of sulfonamides is 1. The number of rotatable bonds is 9. The Kier molecular flexibility index (Phi) is 8.08. The van der Waals surface area contributed by atoms with Crippen molar-refractivity contribution in [2.75, 3.05) is 7.11 Å². The van der Waals surface area contributed by atoms with Gasteiger partial charge in [-0.2, -0.15) is 0 Å². The first-order chi connectivity index (χ1) is 14.4. The first-order valence-electron chi connectivity index (χ1n) is 10.3. The molecule has 1 aliphatic carbocycles. The van der Waals surface area contributed by atoms with Crippen molar-refractivity contribution in [3.63, 3.8) is 0 Å². The molecule has 7 heteroatoms. The average molecular weight is 494 g/mol. The van der Waals surface area contributed by atoms with E-state index in [1.165, 1.54) is 7.11 Å². The molecule has 1 atom stereocenters. The van der Waals surface area contributed by atoms with E-state index in [4.69, 9.17) is 0 Å². The predicted molar refractivity (Wildman–Crippen MR) is 121 cm³/mol. The van der Waals surface area contributed by atoms with Gasteiger partial charge in [0.15, 0.2) is 0 Å². The van der Waals surface area contributed by atoms with Gasteiger partial charge >= 0.3 is 5.97 Å². The van der Waals surface area contributed by atoms with Gasteiger partial charge in [-0.3, -0.25) is 4.79 Å². The lowest BCUT2D eigenvalue weighted by Gasteiger charge is -2.25. The van der Waals surface area contributed by atoms with E-state index in [1.807, 2.05) is 24.3 Å². The lowest BCUT2D eigenvalue weighted by molar-refractivity contribution is -0.140. The molecule has 1 saturated carbocycles. The number of methoxy groups -OCH3 is 1. The largest absolute Gasteiger partial charge is 0.469 e. The van der Waals surface area contributed by atoms with E-state index in [-0.39, 0.29) is 16.9 Å². The molecule has 0 aromatic heterocycles. The molecule has 162 valence electrons. The summed E-state index contributed by atoms with van der Waals surface area (Å²) in [4.78, 5) is 11.5. The highest BCUT2D eigenvalue weighted by Gasteiger charge is 2.30. The van der Waals surface area contributed by atoms with Gasteiger partial charge in [0.05, 0.1) is 12.0 Å². The zero-order chi connectivity index (χ0) is 21.6. The molecule has 0 spiro atoms. The van der Waals surface area contributed by atoms with Crippen molar-refractivity contribution in [2.45, 2.75) is 55.9 Å². The first kappa shape index (κ1) is 23.0. The summed E-state index contributed by atoms with van der Waals surface area (Å²) in [6, 6.07) is 14.5. The number of carbonyl (C=O) groups is 1. The highest BCUT2D eigenvalue weighted by molar-refractivity contribution is 9.10. The van der Waals surface area contributed by atoms with Crippen LogP contribution in [0.1, 0.15) is 55.7 Å². The molecule has 30 heavy (non-hydrogen) atoms. The van der Waals surface area contributed by atoms with Crippen LogP contribution in [0, 0.1) is 5.92 Å². The number of hydrogen-bond acceptors (Lipinski definition) is 4. The summed E-state index contributed by atoms with van der Waals surface area (Å²) in [5.74, 6) is 0.0932. The van der Waals surface area contributed by atoms with Crippen molar-refractivity contribution < 1.29 is 17.9 Å². The zero-order valence-corrected chi connectivity index (χ0v) is 19.5. The number of benzene rings is 2. The third kappa shape index (κ3) is 6.15. The molecule has 2 aromatic rings. The summed E-state index contributed by atoms with van der Waals surface area (Å²) in [5, 5.41) is 0. The van der Waals surface area contributed by atoms with Gasteiger partial charge < -0.3 is 4.74 Å². The van der Waals surface area contributed by atoms with Crippen LogP contribution in [0.4, 0.5) is 0 Å². The van der Waals surface area contributed by atoms with E-state index < -0.39 is 10.0 Å². The minimum Gasteiger partial charge on any atom is -0.469 e. The summed E-state index contributed by atoms with van der Waals surface area (Å²) in [5.41, 5.74) is 2.11. The van der Waals surface area contributed by atoms with Gasteiger partial charge in [-0.1, -0.05) is 53.0 Å². The zero-order valence-electron chi connectivity index (χ0n) is 17.1. The van der Waals surface area contributed by atoms with Crippen molar-refractivity contribution in [3.05, 3.63) is 64.1 Å². The molecular weight excluding hydrogens is 466 g/mol. The van der Waals surface area contributed by atoms with Crippen LogP contribution < -0.4 is 4.72 Å². The van der Waals surface area contributed by atoms with Crippen LogP contribution in [0.25, 0.3) is 0 Å². The topological polar surface area (TPSA) is 72.5 Å². The normalized spacial score (nSPS) is 15.8. The Bertz CT molecular complexity index is 936. The summed E-state index contributed by atoms with van der Waals surface area (Å²) in [6.45, 7) is 0. The molecule has 1 aliphatic rings. The molecule has 0 bridgehead atoms. The van der Waals surface area contributed by atoms with Crippen LogP contribution in [0.2, 0.25) is 0 Å². The Morgan fingerprint density at radius 2 is 1.73 bits per heavy atom. The summed E-state index contributed by atoms with van der Waals surface area (Å²) >= 11 is 3.35. The number of aryl methyl sites for hydroxylation is 1. The Morgan fingerprint density at radius 1 is 1.10 bits per heavy atom. The molecular formula is C23H28BrNO4S. The van der Waals surface area contributed by atoms with Crippen molar-refractivity contribution in [2.24, 2.45) is 5.92 Å². The average Bonchev–Trinajstić information content (AvgIpc) is 3.27. The lowest BCUT2D eigenvalue weighted by atomic mass is 9.91. The smallest absolute Gasteiger partial charge is 0.305 e. The number of carbonyl (C=O) groups excluding carboxylic acids is 1. The van der Waals surface area contributed by atoms with Gasteiger partial charge in [0.2, 0.25) is 10.0 Å². The molecule has 0 saturated heterocycles. The Balaban J connectivity index is 1.75. The van der Waals surface area contributed by atoms with Crippen molar-refractivity contribution in [1.82, 2.24) is 4.72 Å².